The summed E-state index contributed by atoms with van der Waals surface area (Å²) in [7, 11) is -1.68. The minimum Gasteiger partial charge on any atom is -0.491 e. The number of carbonyl (C=O) groups excluding carboxylic acids is 2. The molecule has 0 spiro atoms. The summed E-state index contributed by atoms with van der Waals surface area (Å²) < 4.78 is 33.5. The Morgan fingerprint density at radius 2 is 1.96 bits per heavy atom. The number of ether oxygens (including phenoxy) is 2. The third-order valence-electron chi connectivity index (χ3n) is 10.1. The molecule has 2 aromatic carbocycles. The van der Waals surface area contributed by atoms with Crippen molar-refractivity contribution in [2.24, 2.45) is 28.0 Å². The second-order valence-electron chi connectivity index (χ2n) is 13.9. The number of benzene rings is 2. The quantitative estimate of drug-likeness (QED) is 0.340. The van der Waals surface area contributed by atoms with E-state index in [0.29, 0.717) is 48.6 Å². The zero-order chi connectivity index (χ0) is 33.1. The van der Waals surface area contributed by atoms with E-state index >= 15 is 0 Å². The number of rotatable bonds is 3. The highest BCUT2D eigenvalue weighted by molar-refractivity contribution is 7.92. The summed E-state index contributed by atoms with van der Waals surface area (Å²) in [5.74, 6) is 1.09. The van der Waals surface area contributed by atoms with Gasteiger partial charge in [-0.05, 0) is 110 Å². The molecule has 1 unspecified atom stereocenters. The van der Waals surface area contributed by atoms with Gasteiger partial charge in [0.15, 0.2) is 0 Å². The number of hydrogen-bond acceptors (Lipinski definition) is 6. The predicted octanol–water partition coefficient (Wildman–Crippen LogP) is 6.93. The maximum atomic E-state index is 14.3. The van der Waals surface area contributed by atoms with Crippen molar-refractivity contribution in [2.45, 2.75) is 77.5 Å². The van der Waals surface area contributed by atoms with Gasteiger partial charge < -0.3 is 19.7 Å². The van der Waals surface area contributed by atoms with E-state index in [2.05, 4.69) is 43.6 Å². The number of anilines is 1. The number of halogens is 1. The van der Waals surface area contributed by atoms with Gasteiger partial charge in [0.25, 0.3) is 5.91 Å². The predicted molar refractivity (Wildman–Crippen MR) is 186 cm³/mol. The van der Waals surface area contributed by atoms with E-state index in [0.717, 1.165) is 55.8 Å². The van der Waals surface area contributed by atoms with Crippen LogP contribution in [-0.2, 0) is 27.6 Å². The lowest BCUT2D eigenvalue weighted by Gasteiger charge is -2.43. The van der Waals surface area contributed by atoms with E-state index in [1.54, 1.807) is 13.2 Å². The molecule has 0 saturated heterocycles. The van der Waals surface area contributed by atoms with Crippen LogP contribution in [-0.4, -0.2) is 54.3 Å². The Hall–Kier alpha value is -3.08. The van der Waals surface area contributed by atoms with Crippen LogP contribution >= 0.6 is 11.6 Å². The van der Waals surface area contributed by atoms with Gasteiger partial charge in [0.1, 0.15) is 15.7 Å². The van der Waals surface area contributed by atoms with Gasteiger partial charge >= 0.3 is 6.03 Å². The lowest BCUT2D eigenvalue weighted by Crippen LogP contribution is -2.43. The van der Waals surface area contributed by atoms with E-state index in [9.17, 15) is 13.8 Å². The molecule has 2 bridgehead atoms. The van der Waals surface area contributed by atoms with Gasteiger partial charge in [-0.25, -0.2) is 9.00 Å². The topological polar surface area (TPSA) is 109 Å². The fraction of sp³-hybridized carbons (Fsp3) is 0.556. The van der Waals surface area contributed by atoms with Crippen molar-refractivity contribution in [3.05, 3.63) is 70.3 Å². The number of carbonyl (C=O) groups is 2. The van der Waals surface area contributed by atoms with Crippen molar-refractivity contribution >= 4 is 39.1 Å². The molecule has 9 nitrogen and oxygen atoms in total. The number of aryl methyl sites for hydroxylation is 1. The average molecular weight is 683 g/mol. The summed E-state index contributed by atoms with van der Waals surface area (Å²) in [5, 5.41) is 3.59. The number of hydrogen-bond donors (Lipinski definition) is 2. The fourth-order valence-corrected chi connectivity index (χ4v) is 9.07. The molecule has 6 rings (SSSR count). The zero-order valence-corrected chi connectivity index (χ0v) is 29.2. The largest absolute Gasteiger partial charge is 0.491 e. The molecule has 2 fully saturated rings. The Morgan fingerprint density at radius 3 is 2.70 bits per heavy atom. The Labute approximate surface area is 284 Å². The second-order valence-corrected chi connectivity index (χ2v) is 16.3. The van der Waals surface area contributed by atoms with Crippen molar-refractivity contribution < 1.29 is 23.3 Å². The molecule has 0 radical (unpaired) electrons. The fourth-order valence-electron chi connectivity index (χ4n) is 7.04. The maximum absolute atomic E-state index is 14.3. The van der Waals surface area contributed by atoms with Gasteiger partial charge in [-0.15, -0.1) is 4.36 Å². The smallest absolute Gasteiger partial charge is 0.327 e. The summed E-state index contributed by atoms with van der Waals surface area (Å²) in [5.41, 5.74) is 3.50. The molecule has 47 heavy (non-hydrogen) atoms. The first-order chi connectivity index (χ1) is 22.6. The first-order valence-electron chi connectivity index (χ1n) is 17.0. The van der Waals surface area contributed by atoms with Crippen LogP contribution in [0, 0.1) is 23.7 Å². The summed E-state index contributed by atoms with van der Waals surface area (Å²) in [6, 6.07) is 10.9. The number of methoxy groups -OCH3 is 1. The van der Waals surface area contributed by atoms with Crippen LogP contribution in [0.4, 0.5) is 10.5 Å². The molecule has 254 valence electrons. The highest BCUT2D eigenvalue weighted by Gasteiger charge is 2.38. The molecule has 2 N–H and O–H groups in total. The van der Waals surface area contributed by atoms with Crippen LogP contribution < -0.4 is 19.7 Å². The molecule has 3 amide bonds. The van der Waals surface area contributed by atoms with Crippen molar-refractivity contribution in [1.29, 1.82) is 0 Å². The second kappa shape index (κ2) is 14.6. The van der Waals surface area contributed by atoms with E-state index in [4.69, 9.17) is 21.1 Å². The molecule has 2 aliphatic heterocycles. The third-order valence-corrected chi connectivity index (χ3v) is 12.3. The molecular weight excluding hydrogens is 636 g/mol. The number of allylic oxidation sites excluding steroid dienone is 1. The molecule has 2 saturated carbocycles. The summed E-state index contributed by atoms with van der Waals surface area (Å²) >= 11 is 6.45. The minimum absolute atomic E-state index is 0.0415. The van der Waals surface area contributed by atoms with Gasteiger partial charge in [-0.2, -0.15) is 0 Å². The first-order valence-corrected chi connectivity index (χ1v) is 19.0. The van der Waals surface area contributed by atoms with E-state index in [1.165, 1.54) is 11.1 Å². The van der Waals surface area contributed by atoms with Crippen molar-refractivity contribution in [1.82, 2.24) is 10.0 Å². The minimum atomic E-state index is -3.44. The average Bonchev–Trinajstić information content (AvgIpc) is 3.71. The maximum Gasteiger partial charge on any atom is 0.327 e. The zero-order valence-electron chi connectivity index (χ0n) is 27.6. The van der Waals surface area contributed by atoms with Crippen LogP contribution in [0.15, 0.2) is 52.9 Å². The summed E-state index contributed by atoms with van der Waals surface area (Å²) in [4.78, 5) is 29.0. The Bertz CT molecular complexity index is 1640. The van der Waals surface area contributed by atoms with E-state index in [-0.39, 0.29) is 23.8 Å². The molecule has 2 heterocycles. The Morgan fingerprint density at radius 1 is 1.13 bits per heavy atom. The molecule has 0 aromatic heterocycles. The molecule has 2 aromatic rings. The third kappa shape index (κ3) is 8.32. The molecule has 2 aliphatic carbocycles. The van der Waals surface area contributed by atoms with Crippen LogP contribution in [0.1, 0.15) is 73.9 Å². The number of nitrogens with one attached hydrogen (secondary N) is 2. The summed E-state index contributed by atoms with van der Waals surface area (Å²) in [6.45, 7) is 5.92. The number of urea groups is 1. The lowest BCUT2D eigenvalue weighted by atomic mass is 9.70. The molecule has 7 atom stereocenters. The Balaban J connectivity index is 1.43. The highest BCUT2D eigenvalue weighted by atomic mass is 35.5. The molecular formula is C36H47ClN4O5S. The van der Waals surface area contributed by atoms with Crippen LogP contribution in [0.25, 0.3) is 0 Å². The standard InChI is InChI=1S/C36H47ClN4O5S/c1-23-7-6-9-33(45-3)30-14-11-28(30)21-41-20-27-10-13-29(37)18-25(27)8-4-5-16-46-34-15-12-26(19-32(34)41)35(42)39-47(44,22-23)40-36(43)38-31-17-24(31)2/h6,9-10,12-13,15,18-19,23-24,28,30-31,33H,4-5,7-8,11,14,16-17,20-22H2,1-3H3,(H2,38,39,40,42,43,44)/b9-6+/t23-,24-,28-,30+,31+,33-,47?/m0/s1. The van der Waals surface area contributed by atoms with Gasteiger partial charge in [-0.1, -0.05) is 43.7 Å². The Kier molecular flexibility index (Phi) is 10.5. The van der Waals surface area contributed by atoms with Crippen molar-refractivity contribution in [3.8, 4) is 5.75 Å². The normalized spacial score (nSPS) is 31.7. The number of nitrogens with zero attached hydrogens (tertiary/aromatic N) is 2. The van der Waals surface area contributed by atoms with Gasteiger partial charge in [0, 0.05) is 36.8 Å². The number of fused-ring (bicyclic) bond motifs is 3. The van der Waals surface area contributed by atoms with Crippen LogP contribution in [0.3, 0.4) is 0 Å². The van der Waals surface area contributed by atoms with E-state index < -0.39 is 21.9 Å². The van der Waals surface area contributed by atoms with Crippen LogP contribution in [0.2, 0.25) is 5.02 Å². The first kappa shape index (κ1) is 33.8. The molecule has 11 heteroatoms. The van der Waals surface area contributed by atoms with Crippen molar-refractivity contribution in [2.75, 3.05) is 30.9 Å². The summed E-state index contributed by atoms with van der Waals surface area (Å²) in [6.07, 6.45) is 10.5. The number of amides is 3. The van der Waals surface area contributed by atoms with Crippen LogP contribution in [0.5, 0.6) is 5.75 Å². The monoisotopic (exact) mass is 682 g/mol. The van der Waals surface area contributed by atoms with Gasteiger partial charge in [0.2, 0.25) is 0 Å². The lowest BCUT2D eigenvalue weighted by molar-refractivity contribution is 0.0133. The van der Waals surface area contributed by atoms with Gasteiger partial charge in [0.05, 0.1) is 24.2 Å². The van der Waals surface area contributed by atoms with E-state index in [1.807, 2.05) is 32.0 Å². The molecule has 4 aliphatic rings. The van der Waals surface area contributed by atoms with Crippen molar-refractivity contribution in [3.63, 3.8) is 0 Å². The highest BCUT2D eigenvalue weighted by Crippen LogP contribution is 2.42. The van der Waals surface area contributed by atoms with Gasteiger partial charge in [-0.3, -0.25) is 9.52 Å². The SMILES string of the molecule is CO[C@H]1/C=C/C[C@H](C)CS(=O)(NC(=O)N[C@@H]2C[C@@H]2C)=NC(=O)c2ccc3c(c2)N(Cc2ccc(Cl)cc2CCCCO3)C[C@@H]2CC[C@H]21.